The van der Waals surface area contributed by atoms with Gasteiger partial charge in [0.1, 0.15) is 5.82 Å². The maximum Gasteiger partial charge on any atom is 0.264 e. The zero-order chi connectivity index (χ0) is 14.5. The SMILES string of the molecule is O=c1ccc(N2CCN(CCc3ccccc3)CC2)n[nH]1. The maximum atomic E-state index is 11.0. The van der Waals surface area contributed by atoms with Crippen LogP contribution < -0.4 is 10.5 Å². The molecule has 0 radical (unpaired) electrons. The first kappa shape index (κ1) is 13.8. The van der Waals surface area contributed by atoms with Gasteiger partial charge in [0.25, 0.3) is 5.56 Å². The standard InChI is InChI=1S/C16H20N4O/c21-16-7-6-15(17-18-16)20-12-10-19(11-13-20)9-8-14-4-2-1-3-5-14/h1-7H,8-13H2,(H,18,21). The molecule has 1 saturated heterocycles. The van der Waals surface area contributed by atoms with Gasteiger partial charge in [0.15, 0.2) is 0 Å². The summed E-state index contributed by atoms with van der Waals surface area (Å²) in [5, 5.41) is 6.58. The second-order valence-corrected chi connectivity index (χ2v) is 5.34. The number of benzene rings is 1. The van der Waals surface area contributed by atoms with Crippen molar-refractivity contribution in [2.24, 2.45) is 0 Å². The molecule has 5 nitrogen and oxygen atoms in total. The molecule has 0 bridgehead atoms. The third kappa shape index (κ3) is 3.70. The molecule has 1 aliphatic heterocycles. The van der Waals surface area contributed by atoms with Crippen LogP contribution in [0.5, 0.6) is 0 Å². The molecule has 5 heteroatoms. The first-order valence-electron chi connectivity index (χ1n) is 7.38. The van der Waals surface area contributed by atoms with Crippen LogP contribution in [-0.4, -0.2) is 47.8 Å². The van der Waals surface area contributed by atoms with Crippen molar-refractivity contribution < 1.29 is 0 Å². The third-order valence-corrected chi connectivity index (χ3v) is 3.92. The molecule has 1 aliphatic rings. The van der Waals surface area contributed by atoms with E-state index in [-0.39, 0.29) is 5.56 Å². The Kier molecular flexibility index (Phi) is 4.31. The lowest BCUT2D eigenvalue weighted by Gasteiger charge is -2.35. The topological polar surface area (TPSA) is 52.2 Å². The molecule has 1 N–H and O–H groups in total. The maximum absolute atomic E-state index is 11.0. The van der Waals surface area contributed by atoms with E-state index >= 15 is 0 Å². The molecule has 110 valence electrons. The molecule has 2 heterocycles. The average Bonchev–Trinajstić information content (AvgIpc) is 2.55. The van der Waals surface area contributed by atoms with E-state index in [4.69, 9.17) is 0 Å². The summed E-state index contributed by atoms with van der Waals surface area (Å²) in [5.41, 5.74) is 1.24. The van der Waals surface area contributed by atoms with Crippen LogP contribution in [0.3, 0.4) is 0 Å². The van der Waals surface area contributed by atoms with Crippen LogP contribution >= 0.6 is 0 Å². The van der Waals surface area contributed by atoms with Crippen molar-refractivity contribution in [2.75, 3.05) is 37.6 Å². The van der Waals surface area contributed by atoms with Gasteiger partial charge in [-0.25, -0.2) is 5.10 Å². The Hall–Kier alpha value is -2.14. The number of H-pyrrole nitrogens is 1. The Morgan fingerprint density at radius 1 is 1.00 bits per heavy atom. The van der Waals surface area contributed by atoms with Gasteiger partial charge in [-0.3, -0.25) is 9.69 Å². The van der Waals surface area contributed by atoms with Gasteiger partial charge in [-0.15, -0.1) is 0 Å². The highest BCUT2D eigenvalue weighted by atomic mass is 16.1. The van der Waals surface area contributed by atoms with Gasteiger partial charge in [-0.1, -0.05) is 30.3 Å². The van der Waals surface area contributed by atoms with Crippen molar-refractivity contribution in [1.29, 1.82) is 0 Å². The summed E-state index contributed by atoms with van der Waals surface area (Å²) in [6.07, 6.45) is 1.09. The minimum absolute atomic E-state index is 0.153. The molecule has 2 aromatic rings. The Morgan fingerprint density at radius 2 is 1.76 bits per heavy atom. The molecule has 0 saturated carbocycles. The molecule has 1 aromatic heterocycles. The van der Waals surface area contributed by atoms with Gasteiger partial charge in [0.2, 0.25) is 0 Å². The van der Waals surface area contributed by atoms with Gasteiger partial charge in [0, 0.05) is 38.8 Å². The summed E-state index contributed by atoms with van der Waals surface area (Å²) in [6, 6.07) is 13.9. The summed E-state index contributed by atoms with van der Waals surface area (Å²) in [7, 11) is 0. The monoisotopic (exact) mass is 284 g/mol. The minimum Gasteiger partial charge on any atom is -0.353 e. The molecule has 3 rings (SSSR count). The van der Waals surface area contributed by atoms with E-state index in [2.05, 4.69) is 50.3 Å². The molecule has 0 unspecified atom stereocenters. The van der Waals surface area contributed by atoms with E-state index in [1.54, 1.807) is 6.07 Å². The fraction of sp³-hybridized carbons (Fsp3) is 0.375. The molecular formula is C16H20N4O. The van der Waals surface area contributed by atoms with Crippen LogP contribution in [0.25, 0.3) is 0 Å². The van der Waals surface area contributed by atoms with Crippen LogP contribution in [0.1, 0.15) is 5.56 Å². The quantitative estimate of drug-likeness (QED) is 0.914. The number of nitrogens with zero attached hydrogens (tertiary/aromatic N) is 3. The number of hydrogen-bond acceptors (Lipinski definition) is 4. The van der Waals surface area contributed by atoms with Crippen molar-refractivity contribution in [2.45, 2.75) is 6.42 Å². The van der Waals surface area contributed by atoms with E-state index < -0.39 is 0 Å². The molecule has 0 spiro atoms. The zero-order valence-electron chi connectivity index (χ0n) is 12.0. The highest BCUT2D eigenvalue weighted by Gasteiger charge is 2.17. The van der Waals surface area contributed by atoms with Gasteiger partial charge < -0.3 is 4.90 Å². The summed E-state index contributed by atoms with van der Waals surface area (Å²) in [6.45, 7) is 5.07. The summed E-state index contributed by atoms with van der Waals surface area (Å²) in [4.78, 5) is 15.7. The molecule has 0 atom stereocenters. The normalized spacial score (nSPS) is 16.1. The Labute approximate surface area is 124 Å². The first-order chi connectivity index (χ1) is 10.3. The summed E-state index contributed by atoms with van der Waals surface area (Å²) < 4.78 is 0. The van der Waals surface area contributed by atoms with Crippen LogP contribution in [0.4, 0.5) is 5.82 Å². The van der Waals surface area contributed by atoms with Crippen molar-refractivity contribution in [1.82, 2.24) is 15.1 Å². The van der Waals surface area contributed by atoms with E-state index in [0.717, 1.165) is 45.0 Å². The van der Waals surface area contributed by atoms with E-state index in [9.17, 15) is 4.79 Å². The van der Waals surface area contributed by atoms with Gasteiger partial charge in [-0.05, 0) is 18.1 Å². The van der Waals surface area contributed by atoms with E-state index in [0.29, 0.717) is 0 Å². The molecule has 0 aliphatic carbocycles. The fourth-order valence-electron chi connectivity index (χ4n) is 2.65. The number of anilines is 1. The third-order valence-electron chi connectivity index (χ3n) is 3.92. The Morgan fingerprint density at radius 3 is 2.43 bits per heavy atom. The lowest BCUT2D eigenvalue weighted by Crippen LogP contribution is -2.47. The van der Waals surface area contributed by atoms with Gasteiger partial charge in [0.05, 0.1) is 0 Å². The molecule has 1 fully saturated rings. The van der Waals surface area contributed by atoms with Crippen LogP contribution in [-0.2, 0) is 6.42 Å². The van der Waals surface area contributed by atoms with Crippen molar-refractivity contribution in [3.05, 3.63) is 58.4 Å². The predicted molar refractivity (Wildman–Crippen MR) is 83.7 cm³/mol. The first-order valence-corrected chi connectivity index (χ1v) is 7.38. The van der Waals surface area contributed by atoms with Crippen LogP contribution in [0, 0.1) is 0 Å². The molecule has 21 heavy (non-hydrogen) atoms. The largest absolute Gasteiger partial charge is 0.353 e. The summed E-state index contributed by atoms with van der Waals surface area (Å²) in [5.74, 6) is 0.859. The lowest BCUT2D eigenvalue weighted by molar-refractivity contribution is 0.260. The number of aromatic nitrogens is 2. The molecular weight excluding hydrogens is 264 g/mol. The van der Waals surface area contributed by atoms with Gasteiger partial charge in [-0.2, -0.15) is 5.10 Å². The number of piperazine rings is 1. The predicted octanol–water partition coefficient (Wildman–Crippen LogP) is 1.13. The van der Waals surface area contributed by atoms with Crippen molar-refractivity contribution in [3.8, 4) is 0 Å². The smallest absolute Gasteiger partial charge is 0.264 e. The molecule has 0 amide bonds. The lowest BCUT2D eigenvalue weighted by atomic mass is 10.1. The van der Waals surface area contributed by atoms with Crippen LogP contribution in [0.2, 0.25) is 0 Å². The Bertz CT molecular complexity index is 597. The number of nitrogens with one attached hydrogen (secondary N) is 1. The number of aromatic amines is 1. The Balaban J connectivity index is 1.49. The van der Waals surface area contributed by atoms with Crippen molar-refractivity contribution >= 4 is 5.82 Å². The van der Waals surface area contributed by atoms with Crippen LogP contribution in [0.15, 0.2) is 47.3 Å². The van der Waals surface area contributed by atoms with E-state index in [1.165, 1.54) is 11.6 Å². The average molecular weight is 284 g/mol. The summed E-state index contributed by atoms with van der Waals surface area (Å²) >= 11 is 0. The van der Waals surface area contributed by atoms with Gasteiger partial charge >= 0.3 is 0 Å². The second-order valence-electron chi connectivity index (χ2n) is 5.34. The molecule has 1 aromatic carbocycles. The fourth-order valence-corrected chi connectivity index (χ4v) is 2.65. The number of rotatable bonds is 4. The second kappa shape index (κ2) is 6.54. The zero-order valence-corrected chi connectivity index (χ0v) is 12.0. The number of hydrogen-bond donors (Lipinski definition) is 1. The minimum atomic E-state index is -0.153. The van der Waals surface area contributed by atoms with Crippen molar-refractivity contribution in [3.63, 3.8) is 0 Å². The van der Waals surface area contributed by atoms with E-state index in [1.807, 2.05) is 0 Å². The highest BCUT2D eigenvalue weighted by molar-refractivity contribution is 5.36. The highest BCUT2D eigenvalue weighted by Crippen LogP contribution is 2.11.